The number of nitrogens with one attached hydrogen (secondary N) is 1. The van der Waals surface area contributed by atoms with Gasteiger partial charge >= 0.3 is 0 Å². The van der Waals surface area contributed by atoms with E-state index in [1.165, 1.54) is 0 Å². The summed E-state index contributed by atoms with van der Waals surface area (Å²) in [4.78, 5) is 26.1. The molecule has 1 heterocycles. The molecule has 2 fully saturated rings. The zero-order valence-electron chi connectivity index (χ0n) is 11.8. The van der Waals surface area contributed by atoms with Gasteiger partial charge in [0.25, 0.3) is 0 Å². The lowest BCUT2D eigenvalue weighted by atomic mass is 10.1. The van der Waals surface area contributed by atoms with E-state index in [0.717, 1.165) is 12.8 Å². The first kappa shape index (κ1) is 14.2. The number of nitrogens with zero attached hydrogens (tertiary/aromatic N) is 1. The summed E-state index contributed by atoms with van der Waals surface area (Å²) < 4.78 is 5.20. The fourth-order valence-corrected chi connectivity index (χ4v) is 2.83. The smallest absolute Gasteiger partial charge is 0.249 e. The van der Waals surface area contributed by atoms with Crippen LogP contribution in [0.15, 0.2) is 18.2 Å². The van der Waals surface area contributed by atoms with Crippen LogP contribution in [0, 0.1) is 5.92 Å². The van der Waals surface area contributed by atoms with Crippen molar-refractivity contribution in [3.63, 3.8) is 0 Å². The molecule has 1 aliphatic heterocycles. The summed E-state index contributed by atoms with van der Waals surface area (Å²) in [6, 6.07) is 4.76. The molecule has 2 aliphatic rings. The largest absolute Gasteiger partial charge is 0.497 e. The highest BCUT2D eigenvalue weighted by Crippen LogP contribution is 2.37. The second kappa shape index (κ2) is 5.56. The summed E-state index contributed by atoms with van der Waals surface area (Å²) in [6.45, 7) is 0.334. The SMILES string of the molecule is COc1ccc(Cl)c(N2CCC(=O)NC(C3CC3)C2=O)c1. The van der Waals surface area contributed by atoms with Crippen LogP contribution in [0.5, 0.6) is 5.75 Å². The molecule has 1 unspecified atom stereocenters. The van der Waals surface area contributed by atoms with E-state index in [9.17, 15) is 9.59 Å². The molecule has 112 valence electrons. The summed E-state index contributed by atoms with van der Waals surface area (Å²) in [5, 5.41) is 3.31. The van der Waals surface area contributed by atoms with E-state index in [4.69, 9.17) is 16.3 Å². The molecule has 1 N–H and O–H groups in total. The maximum Gasteiger partial charge on any atom is 0.249 e. The third kappa shape index (κ3) is 2.83. The fraction of sp³-hybridized carbons (Fsp3) is 0.467. The molecule has 21 heavy (non-hydrogen) atoms. The van der Waals surface area contributed by atoms with E-state index < -0.39 is 6.04 Å². The molecule has 1 saturated carbocycles. The summed E-state index contributed by atoms with van der Waals surface area (Å²) in [6.07, 6.45) is 2.25. The molecule has 5 nitrogen and oxygen atoms in total. The van der Waals surface area contributed by atoms with Crippen molar-refractivity contribution < 1.29 is 14.3 Å². The van der Waals surface area contributed by atoms with Crippen LogP contribution in [0.25, 0.3) is 0 Å². The number of carbonyl (C=O) groups excluding carboxylic acids is 2. The zero-order valence-corrected chi connectivity index (χ0v) is 12.5. The molecule has 2 amide bonds. The van der Waals surface area contributed by atoms with E-state index in [1.807, 2.05) is 0 Å². The molecule has 1 atom stereocenters. The van der Waals surface area contributed by atoms with Crippen molar-refractivity contribution in [2.24, 2.45) is 5.92 Å². The molecule has 0 radical (unpaired) electrons. The Morgan fingerprint density at radius 3 is 2.76 bits per heavy atom. The minimum absolute atomic E-state index is 0.0817. The lowest BCUT2D eigenvalue weighted by Crippen LogP contribution is -2.46. The van der Waals surface area contributed by atoms with Crippen LogP contribution in [0.3, 0.4) is 0 Å². The van der Waals surface area contributed by atoms with Crippen LogP contribution < -0.4 is 15.0 Å². The summed E-state index contributed by atoms with van der Waals surface area (Å²) >= 11 is 6.23. The third-order valence-corrected chi connectivity index (χ3v) is 4.27. The number of methoxy groups -OCH3 is 1. The van der Waals surface area contributed by atoms with Crippen molar-refractivity contribution in [2.75, 3.05) is 18.6 Å². The summed E-state index contributed by atoms with van der Waals surface area (Å²) in [7, 11) is 1.56. The fourth-order valence-electron chi connectivity index (χ4n) is 2.61. The van der Waals surface area contributed by atoms with Crippen molar-refractivity contribution in [1.29, 1.82) is 0 Å². The molecule has 0 bridgehead atoms. The van der Waals surface area contributed by atoms with E-state index in [1.54, 1.807) is 30.2 Å². The van der Waals surface area contributed by atoms with Gasteiger partial charge in [-0.2, -0.15) is 0 Å². The molecule has 1 aromatic rings. The van der Waals surface area contributed by atoms with Gasteiger partial charge in [0.2, 0.25) is 11.8 Å². The second-order valence-corrected chi connectivity index (χ2v) is 5.85. The first-order valence-corrected chi connectivity index (χ1v) is 7.42. The number of amides is 2. The van der Waals surface area contributed by atoms with Crippen molar-refractivity contribution in [3.05, 3.63) is 23.2 Å². The van der Waals surface area contributed by atoms with Gasteiger partial charge in [-0.15, -0.1) is 0 Å². The van der Waals surface area contributed by atoms with E-state index in [2.05, 4.69) is 5.32 Å². The van der Waals surface area contributed by atoms with Crippen molar-refractivity contribution >= 4 is 29.1 Å². The lowest BCUT2D eigenvalue weighted by Gasteiger charge is -2.25. The van der Waals surface area contributed by atoms with Gasteiger partial charge in [-0.05, 0) is 30.9 Å². The van der Waals surface area contributed by atoms with Crippen LogP contribution in [0.4, 0.5) is 5.69 Å². The molecule has 0 aromatic heterocycles. The topological polar surface area (TPSA) is 58.6 Å². The van der Waals surface area contributed by atoms with Crippen LogP contribution in [0.1, 0.15) is 19.3 Å². The first-order chi connectivity index (χ1) is 10.1. The van der Waals surface area contributed by atoms with E-state index >= 15 is 0 Å². The monoisotopic (exact) mass is 308 g/mol. The number of hydrogen-bond donors (Lipinski definition) is 1. The predicted octanol–water partition coefficient (Wildman–Crippen LogP) is 1.98. The molecule has 3 rings (SSSR count). The van der Waals surface area contributed by atoms with Crippen molar-refractivity contribution in [3.8, 4) is 5.75 Å². The summed E-state index contributed by atoms with van der Waals surface area (Å²) in [5.41, 5.74) is 0.600. The quantitative estimate of drug-likeness (QED) is 0.929. The number of rotatable bonds is 3. The standard InChI is InChI=1S/C15H17ClN2O3/c1-21-10-4-5-11(16)12(8-10)18-7-6-13(19)17-14(15(18)20)9-2-3-9/h4-5,8-9,14H,2-3,6-7H2,1H3,(H,17,19). The maximum atomic E-state index is 12.7. The average Bonchev–Trinajstić information content (AvgIpc) is 3.30. The predicted molar refractivity (Wildman–Crippen MR) is 79.6 cm³/mol. The van der Waals surface area contributed by atoms with Gasteiger partial charge in [0.1, 0.15) is 11.8 Å². The highest BCUT2D eigenvalue weighted by atomic mass is 35.5. The Morgan fingerprint density at radius 1 is 1.33 bits per heavy atom. The van der Waals surface area contributed by atoms with E-state index in [-0.39, 0.29) is 24.2 Å². The Morgan fingerprint density at radius 2 is 2.10 bits per heavy atom. The minimum Gasteiger partial charge on any atom is -0.497 e. The van der Waals surface area contributed by atoms with Gasteiger partial charge in [0.05, 0.1) is 17.8 Å². The summed E-state index contributed by atoms with van der Waals surface area (Å²) in [5.74, 6) is 0.723. The lowest BCUT2D eigenvalue weighted by molar-refractivity contribution is -0.126. The Balaban J connectivity index is 1.95. The van der Waals surface area contributed by atoms with Crippen LogP contribution >= 0.6 is 11.6 Å². The maximum absolute atomic E-state index is 12.7. The van der Waals surface area contributed by atoms with Gasteiger partial charge in [-0.25, -0.2) is 0 Å². The normalized spacial score (nSPS) is 22.8. The molecule has 0 spiro atoms. The van der Waals surface area contributed by atoms with Gasteiger partial charge < -0.3 is 15.0 Å². The van der Waals surface area contributed by atoms with Crippen LogP contribution in [0.2, 0.25) is 5.02 Å². The molecule has 1 aliphatic carbocycles. The Bertz CT molecular complexity index is 586. The van der Waals surface area contributed by atoms with Crippen molar-refractivity contribution in [2.45, 2.75) is 25.3 Å². The Kier molecular flexibility index (Phi) is 3.76. The number of hydrogen-bond acceptors (Lipinski definition) is 3. The van der Waals surface area contributed by atoms with Gasteiger partial charge in [0, 0.05) is 19.0 Å². The van der Waals surface area contributed by atoms with Crippen LogP contribution in [-0.4, -0.2) is 31.5 Å². The Labute approximate surface area is 128 Å². The molecular weight excluding hydrogens is 292 g/mol. The van der Waals surface area contributed by atoms with Crippen LogP contribution in [-0.2, 0) is 9.59 Å². The molecule has 1 saturated heterocycles. The Hall–Kier alpha value is -1.75. The van der Waals surface area contributed by atoms with Crippen molar-refractivity contribution in [1.82, 2.24) is 5.32 Å². The number of anilines is 1. The second-order valence-electron chi connectivity index (χ2n) is 5.44. The molecular formula is C15H17ClN2O3. The van der Waals surface area contributed by atoms with E-state index in [0.29, 0.717) is 23.0 Å². The molecule has 1 aromatic carbocycles. The highest BCUT2D eigenvalue weighted by Gasteiger charge is 2.41. The molecule has 6 heteroatoms. The minimum atomic E-state index is -0.428. The number of halogens is 1. The third-order valence-electron chi connectivity index (χ3n) is 3.95. The number of carbonyl (C=O) groups is 2. The van der Waals surface area contributed by atoms with Gasteiger partial charge in [0.15, 0.2) is 0 Å². The van der Waals surface area contributed by atoms with Gasteiger partial charge in [-0.3, -0.25) is 9.59 Å². The van der Waals surface area contributed by atoms with Gasteiger partial charge in [-0.1, -0.05) is 11.6 Å². The first-order valence-electron chi connectivity index (χ1n) is 7.04. The number of benzene rings is 1. The number of ether oxygens (including phenoxy) is 1. The zero-order chi connectivity index (χ0) is 15.0. The average molecular weight is 309 g/mol. The highest BCUT2D eigenvalue weighted by molar-refractivity contribution is 6.34.